The van der Waals surface area contributed by atoms with E-state index < -0.39 is 53.3 Å². The van der Waals surface area contributed by atoms with Gasteiger partial charge in [-0.2, -0.15) is 18.2 Å². The quantitative estimate of drug-likeness (QED) is 0.0289. The van der Waals surface area contributed by atoms with Crippen LogP contribution >= 0.6 is 0 Å². The third-order valence-corrected chi connectivity index (χ3v) is 25.9. The van der Waals surface area contributed by atoms with E-state index in [1.54, 1.807) is 88.7 Å². The third kappa shape index (κ3) is 28.9. The SMILES string of the molecule is CC(F)(F)c1cccc(C2(O)CCC(Cc3nc(COc4ccccc4)no3)CC2)c1.CN(Cc1ccc(C(C)(F)F)cc1)C(=O)c1ccc(OCc2nccn2C)cc1.O=C(COC(=O)C1(O)CCCCC1)N1CCN(c2cccc(C(F)(F)F)c2)CC1.O=C(Cc1nnc(-c2ccccc2)o1)N1CCc2ccccc2C1.O=C([C@@H]1CCN(c2ccccc2)C1=O)N1CCC(OCc2ccccn2)CC1. The van der Waals surface area contributed by atoms with Crippen molar-refractivity contribution >= 4 is 46.9 Å². The van der Waals surface area contributed by atoms with E-state index >= 15 is 0 Å². The molecule has 2 N–H and O–H groups in total. The van der Waals surface area contributed by atoms with Crippen molar-refractivity contribution in [1.82, 2.24) is 54.5 Å². The number of aryl methyl sites for hydroxylation is 1. The number of likely N-dealkylation sites (tertiary alicyclic amines) is 1. The van der Waals surface area contributed by atoms with Gasteiger partial charge in [-0.3, -0.25) is 29.0 Å². The fourth-order valence-corrected chi connectivity index (χ4v) is 17.6. The molecular formula is C107H116F7N13O14. The lowest BCUT2D eigenvalue weighted by atomic mass is 9.74. The number of halogens is 7. The third-order valence-electron chi connectivity index (χ3n) is 25.9. The normalized spacial score (nSPS) is 17.6. The van der Waals surface area contributed by atoms with Crippen molar-refractivity contribution in [3.63, 3.8) is 0 Å². The van der Waals surface area contributed by atoms with Crippen LogP contribution in [-0.4, -0.2) is 178 Å². The van der Waals surface area contributed by atoms with Gasteiger partial charge in [-0.15, -0.1) is 10.2 Å². The van der Waals surface area contributed by atoms with Gasteiger partial charge in [0, 0.05) is 152 Å². The Labute approximate surface area is 813 Å². The van der Waals surface area contributed by atoms with Crippen molar-refractivity contribution in [2.24, 2.45) is 18.9 Å². The van der Waals surface area contributed by atoms with Crippen molar-refractivity contribution in [3.8, 4) is 23.0 Å². The molecule has 4 aromatic heterocycles. The molecule has 18 rings (SSSR count). The van der Waals surface area contributed by atoms with Gasteiger partial charge in [0.05, 0.1) is 29.6 Å². The molecule has 2 aliphatic carbocycles. The highest BCUT2D eigenvalue weighted by Crippen LogP contribution is 2.43. The van der Waals surface area contributed by atoms with Crippen LogP contribution in [0.2, 0.25) is 0 Å². The maximum Gasteiger partial charge on any atom is 0.416 e. The van der Waals surface area contributed by atoms with Crippen LogP contribution in [-0.2, 0) is 116 Å². The number of esters is 1. The van der Waals surface area contributed by atoms with E-state index in [0.29, 0.717) is 163 Å². The van der Waals surface area contributed by atoms with Gasteiger partial charge in [0.25, 0.3) is 23.7 Å². The van der Waals surface area contributed by atoms with Gasteiger partial charge in [0.1, 0.15) is 36.3 Å². The highest BCUT2D eigenvalue weighted by atomic mass is 19.4. The van der Waals surface area contributed by atoms with Gasteiger partial charge < -0.3 is 72.1 Å². The summed E-state index contributed by atoms with van der Waals surface area (Å²) in [5.74, 6) is -3.41. The number of piperidine rings is 1. The standard InChI is InChI=1S/C24H26F2N2O3.C22H23F2N3O2.C22H25N3O3.C20H25F3N2O4.C19H17N3O2/c1-23(25,26)18-6-5-7-19(15-18)24(29)12-10-17(11-13-24)14-22-27-21(28-31-22)16-30-20-8-3-2-4-9-20;1-22(23,24)18-8-4-16(5-9-18)14-27(3)21(28)17-6-10-19(11-7-17)29-15-20-25-12-13-26(20)2;26-21(20-11-15-25(22(20)27)18-7-2-1-3-8-18)24-13-9-19(10-14-24)28-16-17-6-4-5-12-23-17;21-20(22,23)15-5-4-6-16(13-15)24-9-11-25(12-10-24)17(26)14-29-18(27)19(28)7-2-1-3-8-19;23-18(22-11-10-14-6-4-5-9-16(14)13-22)12-17-20-21-19(24-17)15-7-2-1-3-8-15/h2-9,15,17,29H,10-14,16H2,1H3;4-13H,14-15H2,1-3H3;1-8,12,19-20H,9-11,13-16H2;4-6,13,28H,1-3,7-12,14H2;1-9H,10-13H2/t;;20-;;/m..0../s1. The topological polar surface area (TPSA) is 308 Å². The lowest BCUT2D eigenvalue weighted by molar-refractivity contribution is -0.172. The number of ether oxygens (including phenoxy) is 4. The average molecular weight is 1940 g/mol. The minimum atomic E-state index is -4.40. The second kappa shape index (κ2) is 47.8. The molecule has 12 aromatic rings. The summed E-state index contributed by atoms with van der Waals surface area (Å²) in [5, 5.41) is 33.4. The number of hydrogen-bond acceptors (Lipinski definition) is 21. The molecule has 8 heterocycles. The van der Waals surface area contributed by atoms with Gasteiger partial charge in [-0.1, -0.05) is 145 Å². The van der Waals surface area contributed by atoms with E-state index in [2.05, 4.69) is 42.4 Å². The summed E-state index contributed by atoms with van der Waals surface area (Å²) in [5.41, 5.74) is 4.09. The van der Waals surface area contributed by atoms with Gasteiger partial charge >= 0.3 is 12.1 Å². The Hall–Kier alpha value is -14.0. The second-order valence-corrected chi connectivity index (χ2v) is 36.2. The van der Waals surface area contributed by atoms with Crippen LogP contribution in [0.15, 0.2) is 258 Å². The van der Waals surface area contributed by atoms with E-state index in [4.69, 9.17) is 27.9 Å². The van der Waals surface area contributed by atoms with Gasteiger partial charge in [-0.25, -0.2) is 27.3 Å². The number of rotatable bonds is 26. The number of fused-ring (bicyclic) bond motifs is 1. The monoisotopic (exact) mass is 1940 g/mol. The fraction of sp³-hybridized carbons (Fsp3) is 0.383. The Morgan fingerprint density at radius 2 is 1.20 bits per heavy atom. The number of carbonyl (C=O) groups excluding carboxylic acids is 6. The molecule has 141 heavy (non-hydrogen) atoms. The van der Waals surface area contributed by atoms with Gasteiger partial charge in [0.2, 0.25) is 41.2 Å². The van der Waals surface area contributed by atoms with Crippen LogP contribution in [0.1, 0.15) is 169 Å². The van der Waals surface area contributed by atoms with E-state index in [9.17, 15) is 69.7 Å². The number of para-hydroxylation sites is 2. The lowest BCUT2D eigenvalue weighted by Crippen LogP contribution is -2.50. The summed E-state index contributed by atoms with van der Waals surface area (Å²) in [4.78, 5) is 98.4. The predicted molar refractivity (Wildman–Crippen MR) is 510 cm³/mol. The maximum atomic E-state index is 13.7. The number of imidazole rings is 1. The number of nitrogens with zero attached hydrogens (tertiary/aromatic N) is 13. The molecule has 2 saturated carbocycles. The molecule has 4 aliphatic heterocycles. The molecule has 34 heteroatoms. The Morgan fingerprint density at radius 1 is 0.560 bits per heavy atom. The van der Waals surface area contributed by atoms with Crippen molar-refractivity contribution in [2.75, 3.05) is 75.8 Å². The molecule has 8 aromatic carbocycles. The number of aliphatic hydroxyl groups is 2. The minimum Gasteiger partial charge on any atom is -0.486 e. The molecule has 742 valence electrons. The Kier molecular flexibility index (Phi) is 34.9. The summed E-state index contributed by atoms with van der Waals surface area (Å²) < 4.78 is 128. The first kappa shape index (κ1) is 103. The summed E-state index contributed by atoms with van der Waals surface area (Å²) in [7, 11) is 3.57. The maximum absolute atomic E-state index is 13.7. The second-order valence-electron chi connectivity index (χ2n) is 36.2. The van der Waals surface area contributed by atoms with Crippen LogP contribution in [0.5, 0.6) is 11.5 Å². The van der Waals surface area contributed by atoms with Crippen molar-refractivity contribution in [3.05, 3.63) is 323 Å². The number of anilines is 2. The predicted octanol–water partition coefficient (Wildman–Crippen LogP) is 17.9. The number of piperazine rings is 1. The van der Waals surface area contributed by atoms with Crippen molar-refractivity contribution < 1.29 is 97.6 Å². The molecule has 3 saturated heterocycles. The number of aromatic nitrogens is 7. The van der Waals surface area contributed by atoms with E-state index in [-0.39, 0.29) is 59.8 Å². The van der Waals surface area contributed by atoms with Crippen LogP contribution in [0.3, 0.4) is 0 Å². The highest BCUT2D eigenvalue weighted by molar-refractivity contribution is 6.09. The molecule has 0 spiro atoms. The summed E-state index contributed by atoms with van der Waals surface area (Å²) >= 11 is 0. The van der Waals surface area contributed by atoms with E-state index in [0.717, 1.165) is 118 Å². The van der Waals surface area contributed by atoms with Crippen molar-refractivity contribution in [1.29, 1.82) is 0 Å². The highest BCUT2D eigenvalue weighted by Gasteiger charge is 2.43. The van der Waals surface area contributed by atoms with E-state index in [1.807, 2.05) is 149 Å². The molecule has 0 bridgehead atoms. The van der Waals surface area contributed by atoms with Crippen LogP contribution < -0.4 is 19.3 Å². The number of pyridine rings is 1. The van der Waals surface area contributed by atoms with Gasteiger partial charge in [-0.05, 0) is 202 Å². The molecule has 27 nitrogen and oxygen atoms in total. The zero-order chi connectivity index (χ0) is 99.7. The fourth-order valence-electron chi connectivity index (χ4n) is 17.6. The largest absolute Gasteiger partial charge is 0.486 e. The lowest BCUT2D eigenvalue weighted by Gasteiger charge is -2.36. The summed E-state index contributed by atoms with van der Waals surface area (Å²) in [6.45, 7) is 7.33. The molecule has 0 radical (unpaired) electrons. The minimum absolute atomic E-state index is 0.0211. The first-order valence-electron chi connectivity index (χ1n) is 47.4. The van der Waals surface area contributed by atoms with Crippen LogP contribution in [0, 0.1) is 11.8 Å². The van der Waals surface area contributed by atoms with Crippen LogP contribution in [0.4, 0.5) is 42.1 Å². The zero-order valence-electron chi connectivity index (χ0n) is 79.2. The van der Waals surface area contributed by atoms with Crippen LogP contribution in [0.25, 0.3) is 11.5 Å². The molecule has 5 amide bonds. The number of alkyl halides is 7. The number of benzene rings is 8. The Bertz CT molecular complexity index is 6060. The van der Waals surface area contributed by atoms with Crippen molar-refractivity contribution in [2.45, 2.75) is 178 Å². The zero-order valence-corrected chi connectivity index (χ0v) is 79.2. The molecule has 5 fully saturated rings. The molecular weight excluding hydrogens is 1820 g/mol. The smallest absolute Gasteiger partial charge is 0.416 e. The summed E-state index contributed by atoms with van der Waals surface area (Å²) in [6, 6.07) is 66.7. The first-order valence-corrected chi connectivity index (χ1v) is 47.4. The number of amides is 5. The summed E-state index contributed by atoms with van der Waals surface area (Å²) in [6.07, 6.45) is 10.5. The van der Waals surface area contributed by atoms with E-state index in [1.165, 1.54) is 46.4 Å². The number of hydrogen-bond donors (Lipinski definition) is 2. The average Bonchev–Trinajstić information content (AvgIpc) is 1.35. The Morgan fingerprint density at radius 3 is 1.87 bits per heavy atom. The number of carbonyl (C=O) groups is 6. The van der Waals surface area contributed by atoms with Gasteiger partial charge in [0.15, 0.2) is 18.8 Å². The first-order chi connectivity index (χ1) is 67.8. The molecule has 1 atom stereocenters. The molecule has 0 unspecified atom stereocenters. The Balaban J connectivity index is 0.000000140. The molecule has 6 aliphatic rings.